The molecule has 4 bridgehead atoms. The molecule has 3 saturated carbocycles. The smallest absolute Gasteiger partial charge is 0.00849 e. The van der Waals surface area contributed by atoms with Crippen molar-refractivity contribution in [3.05, 3.63) is 12.2 Å². The summed E-state index contributed by atoms with van der Waals surface area (Å²) >= 11 is 0. The van der Waals surface area contributed by atoms with Gasteiger partial charge in [-0.3, -0.25) is 0 Å². The Kier molecular flexibility index (Phi) is 1.79. The zero-order chi connectivity index (χ0) is 10.8. The molecule has 0 saturated heterocycles. The summed E-state index contributed by atoms with van der Waals surface area (Å²) in [5, 5.41) is 0. The minimum Gasteiger partial charge on any atom is -0.0990 e. The van der Waals surface area contributed by atoms with Gasteiger partial charge in [0, 0.05) is 0 Å². The summed E-state index contributed by atoms with van der Waals surface area (Å²) in [5.41, 5.74) is 2.71. The van der Waals surface area contributed by atoms with Gasteiger partial charge in [-0.2, -0.15) is 0 Å². The molecule has 0 unspecified atom stereocenters. The van der Waals surface area contributed by atoms with E-state index in [9.17, 15) is 0 Å². The maximum absolute atomic E-state index is 4.46. The number of allylic oxidation sites excluding steroid dienone is 1. The van der Waals surface area contributed by atoms with Gasteiger partial charge >= 0.3 is 0 Å². The predicted molar refractivity (Wildman–Crippen MR) is 64.6 cm³/mol. The fraction of sp³-hybridized carbons (Fsp3) is 0.867. The minimum absolute atomic E-state index is 0.515. The van der Waals surface area contributed by atoms with Crippen LogP contribution >= 0.6 is 0 Å². The average Bonchev–Trinajstić information content (AvgIpc) is 2.63. The average molecular weight is 204 g/mol. The first-order valence-electron chi connectivity index (χ1n) is 6.66. The standard InChI is InChI=1S/C15H24/c1-10-11-6-7-12-13(11)14(2,3)8-5-9-15(10,12)4/h11-13H,1,5-9H2,2-4H3/t11-,12+,13-,15+/m0/s1. The van der Waals surface area contributed by atoms with Gasteiger partial charge in [0.25, 0.3) is 0 Å². The van der Waals surface area contributed by atoms with E-state index < -0.39 is 0 Å². The molecule has 0 aliphatic heterocycles. The van der Waals surface area contributed by atoms with Gasteiger partial charge in [-0.05, 0) is 54.3 Å². The highest BCUT2D eigenvalue weighted by molar-refractivity contribution is 5.29. The Balaban J connectivity index is 2.10. The third-order valence-electron chi connectivity index (χ3n) is 6.07. The van der Waals surface area contributed by atoms with E-state index in [2.05, 4.69) is 27.4 Å². The van der Waals surface area contributed by atoms with Crippen molar-refractivity contribution in [3.63, 3.8) is 0 Å². The summed E-state index contributed by atoms with van der Waals surface area (Å²) in [7, 11) is 0. The van der Waals surface area contributed by atoms with Gasteiger partial charge in [0.2, 0.25) is 0 Å². The second kappa shape index (κ2) is 2.70. The highest BCUT2D eigenvalue weighted by Crippen LogP contribution is 2.70. The highest BCUT2D eigenvalue weighted by atomic mass is 14.7. The third kappa shape index (κ3) is 1.04. The highest BCUT2D eigenvalue weighted by Gasteiger charge is 2.61. The van der Waals surface area contributed by atoms with Gasteiger partial charge in [-0.25, -0.2) is 0 Å². The van der Waals surface area contributed by atoms with E-state index in [1.54, 1.807) is 5.57 Å². The van der Waals surface area contributed by atoms with Crippen LogP contribution in [0.4, 0.5) is 0 Å². The molecule has 0 amide bonds. The van der Waals surface area contributed by atoms with Crippen LogP contribution in [0.2, 0.25) is 0 Å². The molecule has 0 heteroatoms. The van der Waals surface area contributed by atoms with Crippen molar-refractivity contribution in [1.29, 1.82) is 0 Å². The van der Waals surface area contributed by atoms with Crippen molar-refractivity contribution < 1.29 is 0 Å². The molecule has 0 radical (unpaired) electrons. The molecule has 0 N–H and O–H groups in total. The molecule has 3 rings (SSSR count). The summed E-state index contributed by atoms with van der Waals surface area (Å²) in [6, 6.07) is 0. The van der Waals surface area contributed by atoms with E-state index in [0.717, 1.165) is 17.8 Å². The Labute approximate surface area is 94.1 Å². The molecule has 3 aliphatic rings. The number of rotatable bonds is 0. The molecule has 3 aliphatic carbocycles. The molecule has 0 nitrogen and oxygen atoms in total. The normalized spacial score (nSPS) is 51.9. The van der Waals surface area contributed by atoms with Crippen LogP contribution in [0.5, 0.6) is 0 Å². The Bertz CT molecular complexity index is 312. The molecule has 3 fully saturated rings. The molecule has 0 aromatic rings. The quantitative estimate of drug-likeness (QED) is 0.513. The first-order valence-corrected chi connectivity index (χ1v) is 6.66. The Morgan fingerprint density at radius 3 is 2.60 bits per heavy atom. The monoisotopic (exact) mass is 204 g/mol. The fourth-order valence-electron chi connectivity index (χ4n) is 5.28. The van der Waals surface area contributed by atoms with E-state index in [1.807, 2.05) is 0 Å². The maximum atomic E-state index is 4.46. The number of hydrogen-bond donors (Lipinski definition) is 0. The van der Waals surface area contributed by atoms with E-state index >= 15 is 0 Å². The summed E-state index contributed by atoms with van der Waals surface area (Å²) in [4.78, 5) is 0. The molecule has 0 aromatic heterocycles. The molecule has 0 spiro atoms. The van der Waals surface area contributed by atoms with E-state index in [4.69, 9.17) is 0 Å². The van der Waals surface area contributed by atoms with Crippen LogP contribution in [0.25, 0.3) is 0 Å². The zero-order valence-electron chi connectivity index (χ0n) is 10.5. The van der Waals surface area contributed by atoms with Crippen LogP contribution in [0.15, 0.2) is 12.2 Å². The van der Waals surface area contributed by atoms with Gasteiger partial charge in [0.1, 0.15) is 0 Å². The van der Waals surface area contributed by atoms with Crippen LogP contribution in [-0.4, -0.2) is 0 Å². The largest absolute Gasteiger partial charge is 0.0990 e. The SMILES string of the molecule is C=C1[C@@H]2CC[C@@H]3[C@H]2C(C)(C)CCC[C@]13C. The summed E-state index contributed by atoms with van der Waals surface area (Å²) in [6.45, 7) is 12.0. The first kappa shape index (κ1) is 9.93. The maximum Gasteiger partial charge on any atom is -0.00849 e. The molecule has 84 valence electrons. The van der Waals surface area contributed by atoms with Gasteiger partial charge in [-0.15, -0.1) is 0 Å². The number of hydrogen-bond acceptors (Lipinski definition) is 0. The van der Waals surface area contributed by atoms with Gasteiger partial charge in [0.05, 0.1) is 0 Å². The summed E-state index contributed by atoms with van der Waals surface area (Å²) in [5.74, 6) is 2.79. The molecular formula is C15H24. The van der Waals surface area contributed by atoms with Crippen molar-refractivity contribution in [2.45, 2.75) is 52.9 Å². The van der Waals surface area contributed by atoms with Crippen LogP contribution < -0.4 is 0 Å². The third-order valence-corrected chi connectivity index (χ3v) is 6.07. The lowest BCUT2D eigenvalue weighted by Gasteiger charge is -2.35. The summed E-state index contributed by atoms with van der Waals surface area (Å²) < 4.78 is 0. The van der Waals surface area contributed by atoms with Crippen molar-refractivity contribution in [2.75, 3.05) is 0 Å². The second-order valence-electron chi connectivity index (χ2n) is 7.10. The van der Waals surface area contributed by atoms with Crippen molar-refractivity contribution in [1.82, 2.24) is 0 Å². The minimum atomic E-state index is 0.515. The van der Waals surface area contributed by atoms with Crippen LogP contribution in [0, 0.1) is 28.6 Å². The van der Waals surface area contributed by atoms with Crippen LogP contribution in [0.3, 0.4) is 0 Å². The fourth-order valence-corrected chi connectivity index (χ4v) is 5.28. The molecule has 0 heterocycles. The second-order valence-corrected chi connectivity index (χ2v) is 7.10. The molecule has 4 atom stereocenters. The Morgan fingerprint density at radius 1 is 1.13 bits per heavy atom. The van der Waals surface area contributed by atoms with Crippen molar-refractivity contribution >= 4 is 0 Å². The lowest BCUT2D eigenvalue weighted by atomic mass is 9.69. The topological polar surface area (TPSA) is 0 Å². The molecule has 15 heavy (non-hydrogen) atoms. The van der Waals surface area contributed by atoms with Gasteiger partial charge in [-0.1, -0.05) is 39.3 Å². The Hall–Kier alpha value is -0.260. The molecule has 0 aromatic carbocycles. The molecular weight excluding hydrogens is 180 g/mol. The van der Waals surface area contributed by atoms with E-state index in [-0.39, 0.29) is 0 Å². The van der Waals surface area contributed by atoms with Crippen LogP contribution in [0.1, 0.15) is 52.9 Å². The van der Waals surface area contributed by atoms with Crippen molar-refractivity contribution in [2.24, 2.45) is 28.6 Å². The lowest BCUT2D eigenvalue weighted by molar-refractivity contribution is 0.141. The first-order chi connectivity index (χ1) is 6.97. The van der Waals surface area contributed by atoms with Gasteiger partial charge in [0.15, 0.2) is 0 Å². The van der Waals surface area contributed by atoms with E-state index in [0.29, 0.717) is 10.8 Å². The van der Waals surface area contributed by atoms with Crippen molar-refractivity contribution in [3.8, 4) is 0 Å². The summed E-state index contributed by atoms with van der Waals surface area (Å²) in [6.07, 6.45) is 7.18. The predicted octanol–water partition coefficient (Wildman–Crippen LogP) is 4.42. The lowest BCUT2D eigenvalue weighted by Crippen LogP contribution is -2.28. The van der Waals surface area contributed by atoms with Gasteiger partial charge < -0.3 is 0 Å². The zero-order valence-corrected chi connectivity index (χ0v) is 10.5. The Morgan fingerprint density at radius 2 is 1.87 bits per heavy atom. The van der Waals surface area contributed by atoms with E-state index in [1.165, 1.54) is 32.1 Å². The van der Waals surface area contributed by atoms with Crippen LogP contribution in [-0.2, 0) is 0 Å².